The van der Waals surface area contributed by atoms with Gasteiger partial charge in [0, 0.05) is 64.2 Å². The summed E-state index contributed by atoms with van der Waals surface area (Å²) in [6, 6.07) is 68.0. The molecule has 0 unspecified atom stereocenters. The van der Waals surface area contributed by atoms with Gasteiger partial charge in [0.2, 0.25) is 0 Å². The Balaban J connectivity index is 1.04. The maximum Gasteiger partial charge on any atom is 0.0635 e. The van der Waals surface area contributed by atoms with Gasteiger partial charge in [0.05, 0.1) is 16.6 Å². The number of para-hydroxylation sites is 1. The third kappa shape index (κ3) is 4.31. The fourth-order valence-corrected chi connectivity index (χ4v) is 11.6. The van der Waals surface area contributed by atoms with E-state index in [0.717, 1.165) is 17.1 Å². The van der Waals surface area contributed by atoms with E-state index in [-0.39, 0.29) is 5.41 Å². The Bertz CT molecular complexity index is 3660. The van der Waals surface area contributed by atoms with Gasteiger partial charge in [0.1, 0.15) is 0 Å². The Morgan fingerprint density at radius 2 is 1.14 bits per heavy atom. The number of hydrogen-bond acceptors (Lipinski definition) is 2. The van der Waals surface area contributed by atoms with Crippen LogP contribution in [0.3, 0.4) is 0 Å². The summed E-state index contributed by atoms with van der Waals surface area (Å²) in [5, 5.41) is 10.5. The topological polar surface area (TPSA) is 7.65 Å². The first kappa shape index (κ1) is 32.2. The van der Waals surface area contributed by atoms with Gasteiger partial charge in [0.15, 0.2) is 0 Å². The average Bonchev–Trinajstić information content (AvgIpc) is 3.98. The minimum Gasteiger partial charge on any atom is -0.310 e. The van der Waals surface area contributed by atoms with E-state index in [0.29, 0.717) is 0 Å². The number of rotatable bonds is 4. The highest BCUT2D eigenvalue weighted by Gasteiger charge is 2.36. The number of hydrogen-bond donors (Lipinski definition) is 0. The first-order valence-electron chi connectivity index (χ1n) is 20.2. The van der Waals surface area contributed by atoms with E-state index in [9.17, 15) is 0 Å². The number of thiophene rings is 1. The smallest absolute Gasteiger partial charge is 0.0635 e. The van der Waals surface area contributed by atoms with Gasteiger partial charge in [-0.15, -0.1) is 11.3 Å². The fourth-order valence-electron chi connectivity index (χ4n) is 10.3. The first-order chi connectivity index (χ1) is 28.5. The van der Waals surface area contributed by atoms with Crippen molar-refractivity contribution in [3.8, 4) is 22.3 Å². The monoisotopic (exact) mass is 756 g/mol. The van der Waals surface area contributed by atoms with Gasteiger partial charge in [-0.25, -0.2) is 0 Å². The van der Waals surface area contributed by atoms with Gasteiger partial charge in [0.25, 0.3) is 0 Å². The number of benzene rings is 9. The Hall–Kier alpha value is -6.94. The molecular weight excluding hydrogens is 721 g/mol. The van der Waals surface area contributed by atoms with Crippen molar-refractivity contribution in [3.63, 3.8) is 0 Å². The molecule has 0 amide bonds. The standard InChI is InChI=1S/C55H36N2S/c1-55(2)47-16-8-5-13-40(47)41-27-25-38(30-48(41)55)56(37-23-21-34(22-24-37)36-20-19-33-11-3-4-12-35(33)29-36)39-26-28-42-45-32-46-43-14-7-10-18-51(43)58-54(46)52-44-15-6-9-17-49(44)57(53(45)52)50(42)31-39/h3-32H,1-2H3. The van der Waals surface area contributed by atoms with E-state index in [1.807, 2.05) is 11.3 Å². The third-order valence-electron chi connectivity index (χ3n) is 13.1. The van der Waals surface area contributed by atoms with Crippen LogP contribution in [0, 0.1) is 0 Å². The Morgan fingerprint density at radius 3 is 2.03 bits per heavy atom. The van der Waals surface area contributed by atoms with Gasteiger partial charge >= 0.3 is 0 Å². The highest BCUT2D eigenvalue weighted by molar-refractivity contribution is 7.26. The maximum atomic E-state index is 2.53. The number of aromatic nitrogens is 1. The van der Waals surface area contributed by atoms with E-state index in [4.69, 9.17) is 0 Å². The summed E-state index contributed by atoms with van der Waals surface area (Å²) >= 11 is 1.92. The van der Waals surface area contributed by atoms with Crippen molar-refractivity contribution in [3.05, 3.63) is 193 Å². The molecule has 0 bridgehead atoms. The second-order valence-corrected chi connectivity index (χ2v) is 17.6. The van der Waals surface area contributed by atoms with Crippen LogP contribution in [0.2, 0.25) is 0 Å². The molecule has 0 saturated carbocycles. The average molecular weight is 757 g/mol. The molecule has 272 valence electrons. The molecule has 0 saturated heterocycles. The second kappa shape index (κ2) is 11.6. The normalized spacial score (nSPS) is 13.5. The van der Waals surface area contributed by atoms with Crippen molar-refractivity contribution in [1.82, 2.24) is 4.40 Å². The minimum absolute atomic E-state index is 0.111. The fraction of sp³-hybridized carbons (Fsp3) is 0.0545. The van der Waals surface area contributed by atoms with Crippen LogP contribution >= 0.6 is 11.3 Å². The zero-order chi connectivity index (χ0) is 38.3. The Kier molecular flexibility index (Phi) is 6.42. The zero-order valence-corrected chi connectivity index (χ0v) is 32.9. The van der Waals surface area contributed by atoms with E-state index in [1.165, 1.54) is 102 Å². The van der Waals surface area contributed by atoms with Gasteiger partial charge in [-0.2, -0.15) is 0 Å². The van der Waals surface area contributed by atoms with Gasteiger partial charge in [-0.05, 0) is 105 Å². The highest BCUT2D eigenvalue weighted by atomic mass is 32.1. The van der Waals surface area contributed by atoms with E-state index in [1.54, 1.807) is 0 Å². The molecule has 1 aliphatic rings. The van der Waals surface area contributed by atoms with E-state index < -0.39 is 0 Å². The van der Waals surface area contributed by atoms with Crippen molar-refractivity contribution < 1.29 is 0 Å². The van der Waals surface area contributed by atoms with Crippen molar-refractivity contribution in [1.29, 1.82) is 0 Å². The summed E-state index contributed by atoms with van der Waals surface area (Å²) in [5.74, 6) is 0. The molecule has 3 aromatic heterocycles. The van der Waals surface area contributed by atoms with Gasteiger partial charge in [-0.1, -0.05) is 135 Å². The number of fused-ring (bicyclic) bond motifs is 14. The molecule has 1 aliphatic carbocycles. The summed E-state index contributed by atoms with van der Waals surface area (Å²) < 4.78 is 5.25. The summed E-state index contributed by atoms with van der Waals surface area (Å²) in [4.78, 5) is 2.46. The summed E-state index contributed by atoms with van der Waals surface area (Å²) in [7, 11) is 0. The molecule has 0 spiro atoms. The van der Waals surface area contributed by atoms with Crippen LogP contribution < -0.4 is 4.90 Å². The predicted molar refractivity (Wildman–Crippen MR) is 249 cm³/mol. The van der Waals surface area contributed by atoms with Gasteiger partial charge in [-0.3, -0.25) is 0 Å². The van der Waals surface area contributed by atoms with Crippen molar-refractivity contribution in [2.24, 2.45) is 0 Å². The molecule has 12 aromatic rings. The zero-order valence-electron chi connectivity index (χ0n) is 32.1. The molecule has 9 aromatic carbocycles. The second-order valence-electron chi connectivity index (χ2n) is 16.5. The molecule has 13 rings (SSSR count). The predicted octanol–water partition coefficient (Wildman–Crippen LogP) is 15.8. The minimum atomic E-state index is -0.111. The Morgan fingerprint density at radius 1 is 0.448 bits per heavy atom. The molecule has 0 N–H and O–H groups in total. The van der Waals surface area contributed by atoms with Crippen LogP contribution in [-0.4, -0.2) is 4.40 Å². The van der Waals surface area contributed by atoms with Crippen LogP contribution in [0.25, 0.3) is 91.3 Å². The van der Waals surface area contributed by atoms with Crippen LogP contribution in [-0.2, 0) is 5.41 Å². The number of anilines is 3. The quantitative estimate of drug-likeness (QED) is 0.174. The van der Waals surface area contributed by atoms with Crippen LogP contribution in [0.5, 0.6) is 0 Å². The van der Waals surface area contributed by atoms with Crippen LogP contribution in [0.1, 0.15) is 25.0 Å². The molecule has 0 fully saturated rings. The summed E-state index contributed by atoms with van der Waals surface area (Å²) in [5.41, 5.74) is 15.0. The van der Waals surface area contributed by atoms with Crippen LogP contribution in [0.15, 0.2) is 182 Å². The molecule has 3 heteroatoms. The van der Waals surface area contributed by atoms with Crippen molar-refractivity contribution >= 4 is 97.4 Å². The van der Waals surface area contributed by atoms with Crippen molar-refractivity contribution in [2.45, 2.75) is 19.3 Å². The SMILES string of the molecule is CC1(C)c2ccccc2-c2ccc(N(c3ccc(-c4ccc5ccccc5c4)cc3)c3ccc4c5cc6c7ccccc7sc6c6c7ccccc7n(c4c3)c56)cc21. The van der Waals surface area contributed by atoms with E-state index >= 15 is 0 Å². The van der Waals surface area contributed by atoms with E-state index in [2.05, 4.69) is 205 Å². The lowest BCUT2D eigenvalue weighted by Crippen LogP contribution is -2.16. The molecule has 0 aliphatic heterocycles. The highest BCUT2D eigenvalue weighted by Crippen LogP contribution is 2.52. The maximum absolute atomic E-state index is 2.53. The van der Waals surface area contributed by atoms with Gasteiger partial charge < -0.3 is 9.30 Å². The molecule has 0 radical (unpaired) electrons. The lowest BCUT2D eigenvalue weighted by Gasteiger charge is -2.28. The third-order valence-corrected chi connectivity index (χ3v) is 14.3. The lowest BCUT2D eigenvalue weighted by atomic mass is 9.82. The molecule has 2 nitrogen and oxygen atoms in total. The molecule has 0 atom stereocenters. The lowest BCUT2D eigenvalue weighted by molar-refractivity contribution is 0.660. The summed E-state index contributed by atoms with van der Waals surface area (Å²) in [6.45, 7) is 4.74. The molecular formula is C55H36N2S. The van der Waals surface area contributed by atoms with Crippen LogP contribution in [0.4, 0.5) is 17.1 Å². The Labute approximate surface area is 339 Å². The summed E-state index contributed by atoms with van der Waals surface area (Å²) in [6.07, 6.45) is 0. The first-order valence-corrected chi connectivity index (χ1v) is 21.0. The molecule has 3 heterocycles. The molecule has 58 heavy (non-hydrogen) atoms. The number of nitrogens with zero attached hydrogens (tertiary/aromatic N) is 2. The largest absolute Gasteiger partial charge is 0.310 e. The van der Waals surface area contributed by atoms with Crippen molar-refractivity contribution in [2.75, 3.05) is 4.90 Å².